The Morgan fingerprint density at radius 3 is 2.80 bits per heavy atom. The van der Waals surface area contributed by atoms with Crippen LogP contribution in [0.4, 0.5) is 0 Å². The zero-order valence-electron chi connectivity index (χ0n) is 9.91. The van der Waals surface area contributed by atoms with Gasteiger partial charge in [-0.3, -0.25) is 0 Å². The molecule has 2 unspecified atom stereocenters. The molecule has 0 spiro atoms. The second kappa shape index (κ2) is 5.58. The van der Waals surface area contributed by atoms with Gasteiger partial charge in [0.05, 0.1) is 10.6 Å². The second-order valence-corrected chi connectivity index (χ2v) is 4.82. The Bertz CT molecular complexity index is 270. The smallest absolute Gasteiger partial charge is 0.0941 e. The van der Waals surface area contributed by atoms with E-state index in [2.05, 4.69) is 24.1 Å². The molecule has 0 aliphatic rings. The van der Waals surface area contributed by atoms with Gasteiger partial charge in [0.15, 0.2) is 0 Å². The van der Waals surface area contributed by atoms with Crippen molar-refractivity contribution in [3.05, 3.63) is 16.6 Å². The zero-order valence-corrected chi connectivity index (χ0v) is 10.7. The molecule has 0 saturated carbocycles. The van der Waals surface area contributed by atoms with Crippen LogP contribution in [0.1, 0.15) is 25.3 Å². The van der Waals surface area contributed by atoms with E-state index in [1.807, 2.05) is 18.6 Å². The Morgan fingerprint density at radius 2 is 2.40 bits per heavy atom. The molecule has 0 radical (unpaired) electrons. The van der Waals surface area contributed by atoms with Crippen LogP contribution in [0.2, 0.25) is 0 Å². The number of rotatable bonds is 6. The average molecular weight is 228 g/mol. The quantitative estimate of drug-likeness (QED) is 0.809. The molecule has 3 nitrogen and oxygen atoms in total. The largest absolute Gasteiger partial charge is 0.377 e. The standard InChI is InChI=1S/C11H20N2OS/c1-5-11(2,14-4)9(12-3)8-10-13-6-7-15-10/h6-7,9,12H,5,8H2,1-4H3. The van der Waals surface area contributed by atoms with Gasteiger partial charge in [-0.1, -0.05) is 6.92 Å². The first-order valence-electron chi connectivity index (χ1n) is 5.27. The molecule has 4 heteroatoms. The fraction of sp³-hybridized carbons (Fsp3) is 0.727. The van der Waals surface area contributed by atoms with E-state index >= 15 is 0 Å². The highest BCUT2D eigenvalue weighted by molar-refractivity contribution is 7.09. The van der Waals surface area contributed by atoms with E-state index in [0.29, 0.717) is 6.04 Å². The molecule has 1 heterocycles. The number of methoxy groups -OCH3 is 1. The second-order valence-electron chi connectivity index (χ2n) is 3.84. The highest BCUT2D eigenvalue weighted by Gasteiger charge is 2.31. The maximum atomic E-state index is 5.60. The molecule has 0 aliphatic carbocycles. The Hall–Kier alpha value is -0.450. The zero-order chi connectivity index (χ0) is 11.3. The molecule has 1 aromatic heterocycles. The highest BCUT2D eigenvalue weighted by atomic mass is 32.1. The molecule has 86 valence electrons. The Kier molecular flexibility index (Phi) is 4.70. The lowest BCUT2D eigenvalue weighted by molar-refractivity contribution is -0.0268. The van der Waals surface area contributed by atoms with Crippen LogP contribution in [0.5, 0.6) is 0 Å². The maximum Gasteiger partial charge on any atom is 0.0941 e. The average Bonchev–Trinajstić information content (AvgIpc) is 2.77. The molecule has 1 N–H and O–H groups in total. The summed E-state index contributed by atoms with van der Waals surface area (Å²) in [6.07, 6.45) is 3.76. The van der Waals surface area contributed by atoms with E-state index in [4.69, 9.17) is 4.74 Å². The molecule has 0 aromatic carbocycles. The minimum Gasteiger partial charge on any atom is -0.377 e. The van der Waals surface area contributed by atoms with Crippen molar-refractivity contribution in [3.63, 3.8) is 0 Å². The van der Waals surface area contributed by atoms with Crippen LogP contribution < -0.4 is 5.32 Å². The van der Waals surface area contributed by atoms with Crippen molar-refractivity contribution in [1.82, 2.24) is 10.3 Å². The fourth-order valence-electron chi connectivity index (χ4n) is 1.68. The highest BCUT2D eigenvalue weighted by Crippen LogP contribution is 2.22. The van der Waals surface area contributed by atoms with E-state index in [0.717, 1.165) is 17.8 Å². The van der Waals surface area contributed by atoms with Gasteiger partial charge in [-0.05, 0) is 20.4 Å². The summed E-state index contributed by atoms with van der Waals surface area (Å²) < 4.78 is 5.60. The van der Waals surface area contributed by atoms with Crippen molar-refractivity contribution in [2.75, 3.05) is 14.2 Å². The van der Waals surface area contributed by atoms with Gasteiger partial charge in [0.2, 0.25) is 0 Å². The summed E-state index contributed by atoms with van der Waals surface area (Å²) in [7, 11) is 3.75. The van der Waals surface area contributed by atoms with Crippen LogP contribution in [-0.4, -0.2) is 30.8 Å². The minimum atomic E-state index is -0.125. The third-order valence-corrected chi connectivity index (χ3v) is 3.92. The summed E-state index contributed by atoms with van der Waals surface area (Å²) in [5.74, 6) is 0. The Balaban J connectivity index is 2.70. The number of aromatic nitrogens is 1. The topological polar surface area (TPSA) is 34.1 Å². The summed E-state index contributed by atoms with van der Waals surface area (Å²) in [6, 6.07) is 0.304. The minimum absolute atomic E-state index is 0.125. The van der Waals surface area contributed by atoms with E-state index in [-0.39, 0.29) is 5.60 Å². The monoisotopic (exact) mass is 228 g/mol. The third kappa shape index (κ3) is 3.00. The van der Waals surface area contributed by atoms with Crippen LogP contribution in [0, 0.1) is 0 Å². The van der Waals surface area contributed by atoms with Gasteiger partial charge in [-0.25, -0.2) is 4.98 Å². The van der Waals surface area contributed by atoms with E-state index in [1.54, 1.807) is 18.4 Å². The molecule has 0 fully saturated rings. The van der Waals surface area contributed by atoms with Gasteiger partial charge >= 0.3 is 0 Å². The molecule has 0 saturated heterocycles. The Labute approximate surface area is 95.9 Å². The number of hydrogen-bond acceptors (Lipinski definition) is 4. The lowest BCUT2D eigenvalue weighted by Gasteiger charge is -2.35. The van der Waals surface area contributed by atoms with Crippen molar-refractivity contribution in [2.45, 2.75) is 38.3 Å². The Morgan fingerprint density at radius 1 is 1.67 bits per heavy atom. The summed E-state index contributed by atoms with van der Waals surface area (Å²) >= 11 is 1.70. The third-order valence-electron chi connectivity index (χ3n) is 3.12. The van der Waals surface area contributed by atoms with Crippen LogP contribution in [0.25, 0.3) is 0 Å². The van der Waals surface area contributed by atoms with Crippen LogP contribution in [0.3, 0.4) is 0 Å². The van der Waals surface area contributed by atoms with Crippen LogP contribution in [0.15, 0.2) is 11.6 Å². The first-order chi connectivity index (χ1) is 7.16. The van der Waals surface area contributed by atoms with Crippen molar-refractivity contribution in [2.24, 2.45) is 0 Å². The number of nitrogens with zero attached hydrogens (tertiary/aromatic N) is 1. The fourth-order valence-corrected chi connectivity index (χ4v) is 2.35. The predicted octanol–water partition coefficient (Wildman–Crippen LogP) is 2.09. The van der Waals surface area contributed by atoms with Gasteiger partial charge in [-0.15, -0.1) is 11.3 Å². The summed E-state index contributed by atoms with van der Waals surface area (Å²) in [6.45, 7) is 4.29. The van der Waals surface area contributed by atoms with E-state index < -0.39 is 0 Å². The van der Waals surface area contributed by atoms with Gasteiger partial charge in [0, 0.05) is 31.1 Å². The summed E-state index contributed by atoms with van der Waals surface area (Å²) in [4.78, 5) is 4.31. The predicted molar refractivity (Wildman–Crippen MR) is 64.4 cm³/mol. The molecule has 15 heavy (non-hydrogen) atoms. The molecule has 0 bridgehead atoms. The molecule has 1 aromatic rings. The first-order valence-corrected chi connectivity index (χ1v) is 6.15. The van der Waals surface area contributed by atoms with Crippen molar-refractivity contribution >= 4 is 11.3 Å². The van der Waals surface area contributed by atoms with Crippen molar-refractivity contribution in [3.8, 4) is 0 Å². The number of nitrogens with one attached hydrogen (secondary N) is 1. The maximum absolute atomic E-state index is 5.60. The molecule has 0 amide bonds. The van der Waals surface area contributed by atoms with Gasteiger partial charge in [0.25, 0.3) is 0 Å². The molecular formula is C11H20N2OS. The first kappa shape index (κ1) is 12.6. The van der Waals surface area contributed by atoms with E-state index in [9.17, 15) is 0 Å². The number of hydrogen-bond donors (Lipinski definition) is 1. The molecule has 2 atom stereocenters. The van der Waals surface area contributed by atoms with Gasteiger partial charge in [0.1, 0.15) is 0 Å². The van der Waals surface area contributed by atoms with Gasteiger partial charge in [-0.2, -0.15) is 0 Å². The van der Waals surface area contributed by atoms with Crippen molar-refractivity contribution < 1.29 is 4.74 Å². The number of thiazole rings is 1. The van der Waals surface area contributed by atoms with Gasteiger partial charge < -0.3 is 10.1 Å². The summed E-state index contributed by atoms with van der Waals surface area (Å²) in [5, 5.41) is 6.49. The normalized spacial score (nSPS) is 17.3. The molecule has 0 aliphatic heterocycles. The van der Waals surface area contributed by atoms with Crippen molar-refractivity contribution in [1.29, 1.82) is 0 Å². The van der Waals surface area contributed by atoms with Crippen LogP contribution in [-0.2, 0) is 11.2 Å². The molecule has 1 rings (SSSR count). The van der Waals surface area contributed by atoms with E-state index in [1.165, 1.54) is 0 Å². The van der Waals surface area contributed by atoms with Crippen LogP contribution >= 0.6 is 11.3 Å². The summed E-state index contributed by atoms with van der Waals surface area (Å²) in [5.41, 5.74) is -0.125. The SMILES string of the molecule is CCC(C)(OC)C(Cc1nccs1)NC. The molecular weight excluding hydrogens is 208 g/mol. The lowest BCUT2D eigenvalue weighted by atomic mass is 9.91. The number of likely N-dealkylation sites (N-methyl/N-ethyl adjacent to an activating group) is 1. The number of ether oxygens (including phenoxy) is 1. The lowest BCUT2D eigenvalue weighted by Crippen LogP contribution is -2.49.